The number of amides is 1. The molecule has 0 unspecified atom stereocenters. The Kier molecular flexibility index (Phi) is 2.87. The molecule has 3 rings (SSSR count). The van der Waals surface area contributed by atoms with Crippen LogP contribution in [0.3, 0.4) is 0 Å². The van der Waals surface area contributed by atoms with E-state index in [0.717, 1.165) is 5.69 Å². The van der Waals surface area contributed by atoms with Crippen LogP contribution < -0.4 is 11.1 Å². The van der Waals surface area contributed by atoms with Crippen molar-refractivity contribution in [1.29, 1.82) is 0 Å². The summed E-state index contributed by atoms with van der Waals surface area (Å²) < 4.78 is 6.40. The van der Waals surface area contributed by atoms with E-state index in [4.69, 9.17) is 4.42 Å². The van der Waals surface area contributed by atoms with Crippen LogP contribution in [0.1, 0.15) is 10.4 Å². The molecule has 1 amide bonds. The SMILES string of the molecule is Cn1c(=O)oc2ccc(C(=O)Nc3ccccc3)cc21. The van der Waals surface area contributed by atoms with Crippen LogP contribution in [-0.2, 0) is 7.05 Å². The second kappa shape index (κ2) is 4.70. The Morgan fingerprint density at radius 3 is 2.65 bits per heavy atom. The summed E-state index contributed by atoms with van der Waals surface area (Å²) in [6, 6.07) is 14.1. The number of benzene rings is 2. The van der Waals surface area contributed by atoms with Crippen LogP contribution in [0.15, 0.2) is 57.7 Å². The normalized spacial score (nSPS) is 10.7. The first-order valence-corrected chi connectivity index (χ1v) is 6.11. The third-order valence-electron chi connectivity index (χ3n) is 3.09. The lowest BCUT2D eigenvalue weighted by atomic mass is 10.2. The van der Waals surface area contributed by atoms with Gasteiger partial charge in [0.15, 0.2) is 5.58 Å². The maximum atomic E-state index is 12.1. The topological polar surface area (TPSA) is 64.2 Å². The van der Waals surface area contributed by atoms with Gasteiger partial charge in [-0.3, -0.25) is 9.36 Å². The minimum Gasteiger partial charge on any atom is -0.408 e. The van der Waals surface area contributed by atoms with Gasteiger partial charge in [-0.1, -0.05) is 18.2 Å². The Balaban J connectivity index is 1.96. The number of para-hydroxylation sites is 1. The summed E-state index contributed by atoms with van der Waals surface area (Å²) in [5.74, 6) is -0.674. The minimum atomic E-state index is -0.444. The Morgan fingerprint density at radius 2 is 1.90 bits per heavy atom. The largest absolute Gasteiger partial charge is 0.419 e. The fraction of sp³-hybridized carbons (Fsp3) is 0.0667. The first-order chi connectivity index (χ1) is 9.65. The minimum absolute atomic E-state index is 0.230. The lowest BCUT2D eigenvalue weighted by molar-refractivity contribution is 0.102. The molecule has 0 radical (unpaired) electrons. The molecule has 20 heavy (non-hydrogen) atoms. The van der Waals surface area contributed by atoms with Crippen LogP contribution >= 0.6 is 0 Å². The zero-order chi connectivity index (χ0) is 14.1. The zero-order valence-electron chi connectivity index (χ0n) is 10.8. The number of aryl methyl sites for hydroxylation is 1. The Hall–Kier alpha value is -2.82. The first-order valence-electron chi connectivity index (χ1n) is 6.11. The van der Waals surface area contributed by atoms with Crippen molar-refractivity contribution in [3.63, 3.8) is 0 Å². The van der Waals surface area contributed by atoms with Gasteiger partial charge in [0, 0.05) is 18.3 Å². The highest BCUT2D eigenvalue weighted by Crippen LogP contribution is 2.15. The van der Waals surface area contributed by atoms with Crippen molar-refractivity contribution < 1.29 is 9.21 Å². The van der Waals surface area contributed by atoms with E-state index in [1.165, 1.54) is 4.57 Å². The van der Waals surface area contributed by atoms with Gasteiger partial charge in [-0.25, -0.2) is 4.79 Å². The Labute approximate surface area is 114 Å². The molecule has 0 fully saturated rings. The Bertz CT molecular complexity index is 831. The molecule has 0 saturated carbocycles. The van der Waals surface area contributed by atoms with Gasteiger partial charge in [-0.2, -0.15) is 0 Å². The van der Waals surface area contributed by atoms with E-state index in [1.54, 1.807) is 25.2 Å². The van der Waals surface area contributed by atoms with Crippen LogP contribution in [0.5, 0.6) is 0 Å². The summed E-state index contributed by atoms with van der Waals surface area (Å²) in [6.45, 7) is 0. The lowest BCUT2D eigenvalue weighted by Crippen LogP contribution is -2.12. The highest BCUT2D eigenvalue weighted by Gasteiger charge is 2.11. The molecule has 0 atom stereocenters. The predicted octanol–water partition coefficient (Wildman–Crippen LogP) is 2.38. The van der Waals surface area contributed by atoms with Crippen molar-refractivity contribution in [2.75, 3.05) is 5.32 Å². The van der Waals surface area contributed by atoms with Gasteiger partial charge < -0.3 is 9.73 Å². The molecule has 5 heteroatoms. The molecular formula is C15H12N2O3. The third-order valence-corrected chi connectivity index (χ3v) is 3.09. The molecule has 0 aliphatic carbocycles. The van der Waals surface area contributed by atoms with Crippen molar-refractivity contribution >= 4 is 22.7 Å². The molecule has 0 bridgehead atoms. The monoisotopic (exact) mass is 268 g/mol. The van der Waals surface area contributed by atoms with E-state index < -0.39 is 5.76 Å². The number of rotatable bonds is 2. The zero-order valence-corrected chi connectivity index (χ0v) is 10.8. The van der Waals surface area contributed by atoms with Crippen molar-refractivity contribution in [2.45, 2.75) is 0 Å². The average molecular weight is 268 g/mol. The second-order valence-corrected chi connectivity index (χ2v) is 4.43. The van der Waals surface area contributed by atoms with Crippen LogP contribution in [0.2, 0.25) is 0 Å². The number of carbonyl (C=O) groups is 1. The molecule has 100 valence electrons. The van der Waals surface area contributed by atoms with Crippen LogP contribution in [0, 0.1) is 0 Å². The fourth-order valence-electron chi connectivity index (χ4n) is 1.99. The molecule has 2 aromatic carbocycles. The van der Waals surface area contributed by atoms with Gasteiger partial charge in [0.05, 0.1) is 5.52 Å². The van der Waals surface area contributed by atoms with Gasteiger partial charge in [0.1, 0.15) is 0 Å². The number of oxazole rings is 1. The second-order valence-electron chi connectivity index (χ2n) is 4.43. The Morgan fingerprint density at radius 1 is 1.15 bits per heavy atom. The van der Waals surface area contributed by atoms with E-state index in [1.807, 2.05) is 30.3 Å². The maximum absolute atomic E-state index is 12.1. The number of carbonyl (C=O) groups excluding carboxylic acids is 1. The molecule has 0 spiro atoms. The van der Waals surface area contributed by atoms with Gasteiger partial charge in [-0.15, -0.1) is 0 Å². The number of nitrogens with zero attached hydrogens (tertiary/aromatic N) is 1. The highest BCUT2D eigenvalue weighted by atomic mass is 16.4. The number of fused-ring (bicyclic) bond motifs is 1. The van der Waals surface area contributed by atoms with Crippen LogP contribution in [0.25, 0.3) is 11.1 Å². The molecule has 1 N–H and O–H groups in total. The lowest BCUT2D eigenvalue weighted by Gasteiger charge is -2.05. The van der Waals surface area contributed by atoms with E-state index in [9.17, 15) is 9.59 Å². The number of aromatic nitrogens is 1. The molecule has 0 aliphatic rings. The summed E-state index contributed by atoms with van der Waals surface area (Å²) in [6.07, 6.45) is 0. The molecule has 3 aromatic rings. The molecule has 0 saturated heterocycles. The molecule has 1 heterocycles. The van der Waals surface area contributed by atoms with Crippen molar-refractivity contribution in [2.24, 2.45) is 7.05 Å². The van der Waals surface area contributed by atoms with Gasteiger partial charge >= 0.3 is 5.76 Å². The molecular weight excluding hydrogens is 256 g/mol. The van der Waals surface area contributed by atoms with Gasteiger partial charge in [0.2, 0.25) is 0 Å². The molecule has 1 aromatic heterocycles. The molecule has 0 aliphatic heterocycles. The quantitative estimate of drug-likeness (QED) is 0.776. The van der Waals surface area contributed by atoms with Crippen LogP contribution in [-0.4, -0.2) is 10.5 Å². The summed E-state index contributed by atoms with van der Waals surface area (Å²) in [4.78, 5) is 23.6. The number of hydrogen-bond donors (Lipinski definition) is 1. The smallest absolute Gasteiger partial charge is 0.408 e. The third kappa shape index (κ3) is 2.09. The van der Waals surface area contributed by atoms with E-state index in [0.29, 0.717) is 16.7 Å². The highest BCUT2D eigenvalue weighted by molar-refractivity contribution is 6.05. The first kappa shape index (κ1) is 12.2. The van der Waals surface area contributed by atoms with E-state index in [-0.39, 0.29) is 5.91 Å². The summed E-state index contributed by atoms with van der Waals surface area (Å²) in [5, 5.41) is 2.79. The van der Waals surface area contributed by atoms with E-state index in [2.05, 4.69) is 5.32 Å². The molecule has 5 nitrogen and oxygen atoms in total. The van der Waals surface area contributed by atoms with Crippen molar-refractivity contribution in [3.8, 4) is 0 Å². The number of hydrogen-bond acceptors (Lipinski definition) is 3. The fourth-order valence-corrected chi connectivity index (χ4v) is 1.99. The van der Waals surface area contributed by atoms with Crippen molar-refractivity contribution in [1.82, 2.24) is 4.57 Å². The van der Waals surface area contributed by atoms with Crippen molar-refractivity contribution in [3.05, 3.63) is 64.6 Å². The number of anilines is 1. The summed E-state index contributed by atoms with van der Waals surface area (Å²) in [5.41, 5.74) is 2.25. The number of nitrogens with one attached hydrogen (secondary N) is 1. The van der Waals surface area contributed by atoms with Gasteiger partial charge in [0.25, 0.3) is 5.91 Å². The average Bonchev–Trinajstić information content (AvgIpc) is 2.75. The standard InChI is InChI=1S/C15H12N2O3/c1-17-12-9-10(7-8-13(12)20-15(17)19)14(18)16-11-5-3-2-4-6-11/h2-9H,1H3,(H,16,18). The van der Waals surface area contributed by atoms with E-state index >= 15 is 0 Å². The summed E-state index contributed by atoms with van der Waals surface area (Å²) in [7, 11) is 1.60. The summed E-state index contributed by atoms with van der Waals surface area (Å²) >= 11 is 0. The van der Waals surface area contributed by atoms with Crippen LogP contribution in [0.4, 0.5) is 5.69 Å². The predicted molar refractivity (Wildman–Crippen MR) is 75.9 cm³/mol. The van der Waals surface area contributed by atoms with Gasteiger partial charge in [-0.05, 0) is 30.3 Å². The maximum Gasteiger partial charge on any atom is 0.419 e.